The average Bonchev–Trinajstić information content (AvgIpc) is 2.62. The highest BCUT2D eigenvalue weighted by molar-refractivity contribution is 7.71. The van der Waals surface area contributed by atoms with Gasteiger partial charge in [0.25, 0.3) is 0 Å². The van der Waals surface area contributed by atoms with E-state index in [-0.39, 0.29) is 0 Å². The zero-order valence-electron chi connectivity index (χ0n) is 8.77. The molecule has 15 heavy (non-hydrogen) atoms. The minimum Gasteiger partial charge on any atom is -0.297 e. The van der Waals surface area contributed by atoms with E-state index in [1.165, 1.54) is 0 Å². The molecule has 0 aromatic carbocycles. The lowest BCUT2D eigenvalue weighted by Crippen LogP contribution is -1.98. The van der Waals surface area contributed by atoms with Crippen LogP contribution in [0.1, 0.15) is 25.5 Å². The van der Waals surface area contributed by atoms with Gasteiger partial charge >= 0.3 is 0 Å². The Morgan fingerprint density at radius 2 is 2.00 bits per heavy atom. The van der Waals surface area contributed by atoms with Gasteiger partial charge in [-0.15, -0.1) is 0 Å². The van der Waals surface area contributed by atoms with Gasteiger partial charge in [-0.25, -0.2) is 4.68 Å². The van der Waals surface area contributed by atoms with Gasteiger partial charge in [0.05, 0.1) is 5.69 Å². The molecule has 0 bridgehead atoms. The molecule has 2 heterocycles. The van der Waals surface area contributed by atoms with Gasteiger partial charge in [-0.1, -0.05) is 26.1 Å². The Morgan fingerprint density at radius 1 is 1.33 bits per heavy atom. The third kappa shape index (κ3) is 1.99. The van der Waals surface area contributed by atoms with Crippen molar-refractivity contribution in [2.45, 2.75) is 19.8 Å². The highest BCUT2D eigenvalue weighted by Crippen LogP contribution is 2.14. The molecule has 0 aliphatic rings. The molecule has 0 spiro atoms. The van der Waals surface area contributed by atoms with E-state index in [2.05, 4.69) is 23.9 Å². The fraction of sp³-hybridized carbons (Fsp3) is 0.273. The maximum Gasteiger partial charge on any atom is 0.127 e. The second-order valence-electron chi connectivity index (χ2n) is 3.75. The van der Waals surface area contributed by atoms with Gasteiger partial charge in [0.2, 0.25) is 0 Å². The lowest BCUT2D eigenvalue weighted by molar-refractivity contribution is 0.765. The molecule has 2 aromatic rings. The third-order valence-corrected chi connectivity index (χ3v) is 2.58. The maximum atomic E-state index is 5.29. The van der Waals surface area contributed by atoms with Crippen molar-refractivity contribution < 1.29 is 0 Å². The molecular formula is C11H13N3S. The molecule has 2 rings (SSSR count). The molecule has 0 saturated carbocycles. The van der Waals surface area contributed by atoms with Crippen molar-refractivity contribution in [2.24, 2.45) is 0 Å². The Morgan fingerprint density at radius 3 is 2.53 bits per heavy atom. The number of rotatable bonds is 2. The summed E-state index contributed by atoms with van der Waals surface area (Å²) < 4.78 is 2.69. The van der Waals surface area contributed by atoms with Crippen molar-refractivity contribution in [3.05, 3.63) is 40.9 Å². The maximum absolute atomic E-state index is 5.29. The quantitative estimate of drug-likeness (QED) is 0.788. The first-order chi connectivity index (χ1) is 7.18. The van der Waals surface area contributed by atoms with E-state index in [9.17, 15) is 0 Å². The Bertz CT molecular complexity index is 496. The lowest BCUT2D eigenvalue weighted by atomic mass is 10.1. The Labute approximate surface area is 93.8 Å². The third-order valence-electron chi connectivity index (χ3n) is 2.28. The van der Waals surface area contributed by atoms with Crippen molar-refractivity contribution in [3.8, 4) is 5.69 Å². The zero-order chi connectivity index (χ0) is 10.8. The summed E-state index contributed by atoms with van der Waals surface area (Å²) in [6.45, 7) is 4.27. The van der Waals surface area contributed by atoms with E-state index >= 15 is 0 Å². The summed E-state index contributed by atoms with van der Waals surface area (Å²) in [5.41, 5.74) is 2.17. The van der Waals surface area contributed by atoms with E-state index in [0.29, 0.717) is 5.92 Å². The first-order valence-corrected chi connectivity index (χ1v) is 5.31. The Balaban J connectivity index is 2.50. The summed E-state index contributed by atoms with van der Waals surface area (Å²) >= 11 is 5.29. The topological polar surface area (TPSA) is 33.6 Å². The summed E-state index contributed by atoms with van der Waals surface area (Å²) in [5.74, 6) is 0.454. The van der Waals surface area contributed by atoms with Gasteiger partial charge in [0.1, 0.15) is 4.64 Å². The molecule has 4 heteroatoms. The lowest BCUT2D eigenvalue weighted by Gasteiger charge is -2.03. The monoisotopic (exact) mass is 219 g/mol. The summed E-state index contributed by atoms with van der Waals surface area (Å²) in [7, 11) is 0. The van der Waals surface area contributed by atoms with Crippen LogP contribution in [0.15, 0.2) is 30.6 Å². The SMILES string of the molecule is CC(C)c1cc(=S)n(-c2ccncc2)[nH]1. The van der Waals surface area contributed by atoms with Gasteiger partial charge in [0.15, 0.2) is 0 Å². The number of pyridine rings is 1. The molecular weight excluding hydrogens is 206 g/mol. The van der Waals surface area contributed by atoms with E-state index in [4.69, 9.17) is 12.2 Å². The zero-order valence-corrected chi connectivity index (χ0v) is 9.58. The number of hydrogen-bond donors (Lipinski definition) is 1. The number of H-pyrrole nitrogens is 1. The molecule has 0 radical (unpaired) electrons. The molecule has 0 aliphatic heterocycles. The number of hydrogen-bond acceptors (Lipinski definition) is 2. The number of aromatic amines is 1. The van der Waals surface area contributed by atoms with Crippen LogP contribution in [0.5, 0.6) is 0 Å². The van der Waals surface area contributed by atoms with Gasteiger partial charge < -0.3 is 0 Å². The van der Waals surface area contributed by atoms with Crippen LogP contribution in [0.3, 0.4) is 0 Å². The van der Waals surface area contributed by atoms with Gasteiger partial charge in [0, 0.05) is 18.1 Å². The summed E-state index contributed by atoms with van der Waals surface area (Å²) in [5, 5.41) is 3.28. The van der Waals surface area contributed by atoms with Crippen molar-refractivity contribution in [1.29, 1.82) is 0 Å². The van der Waals surface area contributed by atoms with Crippen LogP contribution < -0.4 is 0 Å². The van der Waals surface area contributed by atoms with E-state index in [0.717, 1.165) is 16.0 Å². The minimum absolute atomic E-state index is 0.454. The van der Waals surface area contributed by atoms with E-state index in [1.807, 2.05) is 22.9 Å². The second kappa shape index (κ2) is 3.98. The molecule has 0 aliphatic carbocycles. The predicted octanol–water partition coefficient (Wildman–Crippen LogP) is 3.05. The van der Waals surface area contributed by atoms with Gasteiger partial charge in [-0.3, -0.25) is 10.1 Å². The smallest absolute Gasteiger partial charge is 0.127 e. The van der Waals surface area contributed by atoms with Crippen LogP contribution in [0, 0.1) is 4.64 Å². The Hall–Kier alpha value is -1.42. The molecule has 0 amide bonds. The summed E-state index contributed by atoms with van der Waals surface area (Å²) in [6, 6.07) is 5.85. The van der Waals surface area contributed by atoms with Crippen molar-refractivity contribution in [1.82, 2.24) is 14.8 Å². The summed E-state index contributed by atoms with van der Waals surface area (Å²) in [6.07, 6.45) is 3.51. The van der Waals surface area contributed by atoms with Crippen molar-refractivity contribution >= 4 is 12.2 Å². The fourth-order valence-electron chi connectivity index (χ4n) is 1.39. The van der Waals surface area contributed by atoms with Crippen LogP contribution in [0.25, 0.3) is 5.69 Å². The molecule has 0 saturated heterocycles. The van der Waals surface area contributed by atoms with Crippen LogP contribution in [0.4, 0.5) is 0 Å². The molecule has 2 aromatic heterocycles. The highest BCUT2D eigenvalue weighted by atomic mass is 32.1. The fourth-order valence-corrected chi connectivity index (χ4v) is 1.67. The van der Waals surface area contributed by atoms with E-state index in [1.54, 1.807) is 12.4 Å². The second-order valence-corrected chi connectivity index (χ2v) is 4.16. The highest BCUT2D eigenvalue weighted by Gasteiger charge is 2.04. The summed E-state index contributed by atoms with van der Waals surface area (Å²) in [4.78, 5) is 3.98. The minimum atomic E-state index is 0.454. The van der Waals surface area contributed by atoms with E-state index < -0.39 is 0 Å². The molecule has 0 atom stereocenters. The van der Waals surface area contributed by atoms with Crippen LogP contribution in [-0.2, 0) is 0 Å². The van der Waals surface area contributed by atoms with Gasteiger partial charge in [-0.2, -0.15) is 0 Å². The van der Waals surface area contributed by atoms with Crippen LogP contribution >= 0.6 is 12.2 Å². The predicted molar refractivity (Wildman–Crippen MR) is 62.8 cm³/mol. The molecule has 0 unspecified atom stereocenters. The van der Waals surface area contributed by atoms with Crippen LogP contribution in [-0.4, -0.2) is 14.8 Å². The number of nitrogens with zero attached hydrogens (tertiary/aromatic N) is 2. The molecule has 78 valence electrons. The van der Waals surface area contributed by atoms with Crippen LogP contribution in [0.2, 0.25) is 0 Å². The standard InChI is InChI=1S/C11H13N3S/c1-8(2)10-7-11(15)14(13-10)9-3-5-12-6-4-9/h3-8,13H,1-2H3. The largest absolute Gasteiger partial charge is 0.297 e. The molecule has 1 N–H and O–H groups in total. The van der Waals surface area contributed by atoms with Crippen molar-refractivity contribution in [2.75, 3.05) is 0 Å². The Kier molecular flexibility index (Phi) is 2.68. The molecule has 0 fully saturated rings. The molecule has 3 nitrogen and oxygen atoms in total. The number of aromatic nitrogens is 3. The first kappa shape index (κ1) is 10.1. The normalized spacial score (nSPS) is 10.9. The number of nitrogens with one attached hydrogen (secondary N) is 1. The van der Waals surface area contributed by atoms with Gasteiger partial charge in [-0.05, 0) is 24.1 Å². The van der Waals surface area contributed by atoms with Crippen molar-refractivity contribution in [3.63, 3.8) is 0 Å². The first-order valence-electron chi connectivity index (χ1n) is 4.91. The average molecular weight is 219 g/mol.